The first kappa shape index (κ1) is 38.7. The summed E-state index contributed by atoms with van der Waals surface area (Å²) in [5.41, 5.74) is 6.07. The highest BCUT2D eigenvalue weighted by Crippen LogP contribution is 2.41. The van der Waals surface area contributed by atoms with Gasteiger partial charge < -0.3 is 24.2 Å². The number of aliphatic imine (C=N–C) groups is 1. The van der Waals surface area contributed by atoms with Crippen LogP contribution in [0.4, 0.5) is 4.39 Å². The van der Waals surface area contributed by atoms with Crippen molar-refractivity contribution in [2.45, 2.75) is 103 Å². The first-order chi connectivity index (χ1) is 25.3. The van der Waals surface area contributed by atoms with Gasteiger partial charge in [-0.15, -0.1) is 11.3 Å². The van der Waals surface area contributed by atoms with Gasteiger partial charge in [-0.25, -0.2) is 14.8 Å². The van der Waals surface area contributed by atoms with Gasteiger partial charge in [0.15, 0.2) is 5.67 Å². The molecule has 1 aromatic carbocycles. The van der Waals surface area contributed by atoms with Crippen LogP contribution in [0.25, 0.3) is 27.7 Å². The fraction of sp³-hybridized carbons (Fsp3) is 0.525. The molecular formula is C40H51FN6O5S. The maximum atomic E-state index is 14.9. The molecule has 13 heteroatoms. The minimum Gasteiger partial charge on any atom is -0.378 e. The number of nitrogens with zero attached hydrogens (tertiary/aromatic N) is 4. The number of carbonyl (C=O) groups is 3. The van der Waals surface area contributed by atoms with Crippen molar-refractivity contribution in [2.75, 3.05) is 26.9 Å². The van der Waals surface area contributed by atoms with E-state index in [9.17, 15) is 18.8 Å². The molecule has 0 unspecified atom stereocenters. The Hall–Kier alpha value is -4.04. The van der Waals surface area contributed by atoms with E-state index in [-0.39, 0.29) is 32.0 Å². The Morgan fingerprint density at radius 1 is 1.30 bits per heavy atom. The summed E-state index contributed by atoms with van der Waals surface area (Å²) in [5.74, 6) is -1.25. The zero-order valence-electron chi connectivity index (χ0n) is 31.6. The highest BCUT2D eigenvalue weighted by Gasteiger charge is 2.52. The molecular weight excluding hydrogens is 696 g/mol. The quantitative estimate of drug-likeness (QED) is 0.156. The third kappa shape index (κ3) is 7.80. The molecule has 3 atom stereocenters. The third-order valence-corrected chi connectivity index (χ3v) is 11.4. The number of hydrazine groups is 1. The van der Waals surface area contributed by atoms with Gasteiger partial charge in [0, 0.05) is 60.3 Å². The van der Waals surface area contributed by atoms with Crippen LogP contribution in [0.2, 0.25) is 0 Å². The largest absolute Gasteiger partial charge is 0.378 e. The lowest BCUT2D eigenvalue weighted by molar-refractivity contribution is -0.147. The maximum Gasteiger partial charge on any atom is 0.259 e. The van der Waals surface area contributed by atoms with Gasteiger partial charge in [0.2, 0.25) is 0 Å². The van der Waals surface area contributed by atoms with E-state index in [1.807, 2.05) is 25.3 Å². The van der Waals surface area contributed by atoms with Crippen LogP contribution in [-0.4, -0.2) is 89.1 Å². The molecule has 11 nitrogen and oxygen atoms in total. The zero-order chi connectivity index (χ0) is 38.1. The van der Waals surface area contributed by atoms with Crippen molar-refractivity contribution in [3.05, 3.63) is 58.2 Å². The molecule has 2 N–H and O–H groups in total. The normalized spacial score (nSPS) is 24.0. The fourth-order valence-corrected chi connectivity index (χ4v) is 8.30. The molecule has 0 radical (unpaired) electrons. The lowest BCUT2D eigenvalue weighted by Gasteiger charge is -2.41. The van der Waals surface area contributed by atoms with E-state index in [1.54, 1.807) is 13.3 Å². The number of nitrogens with one attached hydrogen (secondary N) is 2. The topological polar surface area (TPSA) is 127 Å². The average Bonchev–Trinajstić information content (AvgIpc) is 3.62. The first-order valence-electron chi connectivity index (χ1n) is 18.4. The number of hydrogen-bond acceptors (Lipinski definition) is 9. The number of benzene rings is 1. The van der Waals surface area contributed by atoms with Gasteiger partial charge in [0.25, 0.3) is 11.8 Å². The van der Waals surface area contributed by atoms with Crippen LogP contribution >= 0.6 is 11.3 Å². The van der Waals surface area contributed by atoms with Crippen molar-refractivity contribution in [1.82, 2.24) is 25.3 Å². The molecule has 0 spiro atoms. The molecule has 284 valence electrons. The molecule has 53 heavy (non-hydrogen) atoms. The first-order valence-corrected chi connectivity index (χ1v) is 19.3. The Morgan fingerprint density at radius 3 is 2.74 bits per heavy atom. The molecule has 2 aliphatic heterocycles. The molecule has 1 saturated carbocycles. The molecule has 6 rings (SSSR count). The molecule has 1 aliphatic carbocycles. The average molecular weight is 747 g/mol. The Bertz CT molecular complexity index is 1960. The minimum atomic E-state index is -1.96. The summed E-state index contributed by atoms with van der Waals surface area (Å²) < 4.78 is 29.4. The highest BCUT2D eigenvalue weighted by molar-refractivity contribution is 7.10. The number of amides is 2. The number of hydrogen-bond donors (Lipinski definition) is 2. The second-order valence-corrected chi connectivity index (χ2v) is 16.1. The SMILES string of the molecule is C=C/C(=C(\N=C/C)[C@H](C)OC)c1c2c3cc(ccc3n1CC)-c1csc(n1)C[C@H](NC(=O)C1(F)CC1)C(=O)N1CCC[C@](C=O)(COCC(C)(C)C2)N1. The number of aryl methyl sites for hydroxylation is 1. The minimum absolute atomic E-state index is 0.0381. The van der Waals surface area contributed by atoms with E-state index >= 15 is 0 Å². The number of thiazole rings is 1. The number of aldehydes is 1. The molecule has 3 aliphatic rings. The molecule has 2 aromatic heterocycles. The second kappa shape index (κ2) is 15.4. The van der Waals surface area contributed by atoms with Gasteiger partial charge in [-0.1, -0.05) is 32.6 Å². The molecule has 1 saturated heterocycles. The van der Waals surface area contributed by atoms with E-state index in [0.717, 1.165) is 51.0 Å². The van der Waals surface area contributed by atoms with Gasteiger partial charge in [-0.3, -0.25) is 19.6 Å². The molecule has 2 fully saturated rings. The van der Waals surface area contributed by atoms with E-state index in [1.165, 1.54) is 16.3 Å². The third-order valence-electron chi connectivity index (χ3n) is 10.5. The monoisotopic (exact) mass is 746 g/mol. The Morgan fingerprint density at radius 2 is 2.08 bits per heavy atom. The van der Waals surface area contributed by atoms with Crippen LogP contribution in [0.3, 0.4) is 0 Å². The summed E-state index contributed by atoms with van der Waals surface area (Å²) in [6.45, 7) is 15.9. The lowest BCUT2D eigenvalue weighted by atomic mass is 9.84. The Kier molecular flexibility index (Phi) is 11.2. The molecule has 6 bridgehead atoms. The van der Waals surface area contributed by atoms with Crippen molar-refractivity contribution < 1.29 is 28.2 Å². The van der Waals surface area contributed by atoms with Crippen molar-refractivity contribution >= 4 is 52.1 Å². The summed E-state index contributed by atoms with van der Waals surface area (Å²) in [4.78, 5) is 49.5. The molecule has 4 heterocycles. The maximum absolute atomic E-state index is 14.9. The van der Waals surface area contributed by atoms with Gasteiger partial charge in [0.1, 0.15) is 17.9 Å². The Labute approximate surface area is 314 Å². The summed E-state index contributed by atoms with van der Waals surface area (Å²) in [6.07, 6.45) is 6.09. The van der Waals surface area contributed by atoms with Crippen molar-refractivity contribution in [1.29, 1.82) is 0 Å². The molecule has 2 amide bonds. The van der Waals surface area contributed by atoms with E-state index in [2.05, 4.69) is 60.9 Å². The van der Waals surface area contributed by atoms with Gasteiger partial charge in [-0.05, 0) is 76.0 Å². The number of aromatic nitrogens is 2. The molecule has 3 aromatic rings. The van der Waals surface area contributed by atoms with Crippen LogP contribution in [-0.2, 0) is 43.2 Å². The van der Waals surface area contributed by atoms with Crippen LogP contribution in [0.5, 0.6) is 0 Å². The number of halogens is 1. The number of alkyl halides is 1. The summed E-state index contributed by atoms with van der Waals surface area (Å²) in [5, 5.41) is 7.68. The second-order valence-electron chi connectivity index (χ2n) is 15.2. The predicted octanol–water partition coefficient (Wildman–Crippen LogP) is 6.00. The van der Waals surface area contributed by atoms with Crippen LogP contribution < -0.4 is 10.7 Å². The van der Waals surface area contributed by atoms with Crippen molar-refractivity contribution in [3.63, 3.8) is 0 Å². The van der Waals surface area contributed by atoms with E-state index in [0.29, 0.717) is 44.0 Å². The van der Waals surface area contributed by atoms with E-state index in [4.69, 9.17) is 19.5 Å². The Balaban J connectivity index is 1.52. The standard InChI is InChI=1S/C40H51FN6O5S/c1-8-27(34(42-9-2)25(4)51-7)35-29-20-38(5,6)23-52-24-39(22-48)14-11-17-47(45-39)36(49)30(44-37(50)40(41)15-16-40)19-33-43-31(21-53-33)26-12-13-32(28(29)18-26)46(35)10-3/h8-9,12-13,18,21-22,25,30,45H,1,10-11,14-17,19-20,23-24H2,2-7H3,(H,44,50)/b34-27+,42-9-/t25-,30-,39-/m0/s1. The fourth-order valence-electron chi connectivity index (χ4n) is 7.45. The zero-order valence-corrected chi connectivity index (χ0v) is 32.4. The number of ether oxygens (including phenoxy) is 2. The number of allylic oxidation sites excluding steroid dienone is 2. The number of rotatable bonds is 9. The predicted molar refractivity (Wildman–Crippen MR) is 206 cm³/mol. The van der Waals surface area contributed by atoms with Gasteiger partial charge in [0.05, 0.1) is 41.4 Å². The number of fused-ring (bicyclic) bond motifs is 6. The summed E-state index contributed by atoms with van der Waals surface area (Å²) >= 11 is 1.38. The van der Waals surface area contributed by atoms with Crippen LogP contribution in [0, 0.1) is 5.41 Å². The van der Waals surface area contributed by atoms with Gasteiger partial charge >= 0.3 is 0 Å². The van der Waals surface area contributed by atoms with Crippen molar-refractivity contribution in [3.8, 4) is 11.3 Å². The highest BCUT2D eigenvalue weighted by atomic mass is 32.1. The van der Waals surface area contributed by atoms with Crippen molar-refractivity contribution in [2.24, 2.45) is 10.4 Å². The van der Waals surface area contributed by atoms with Crippen LogP contribution in [0.15, 0.2) is 46.9 Å². The van der Waals surface area contributed by atoms with Gasteiger partial charge in [-0.2, -0.15) is 0 Å². The van der Waals surface area contributed by atoms with Crippen LogP contribution in [0.1, 0.15) is 76.6 Å². The number of methoxy groups -OCH3 is 1. The summed E-state index contributed by atoms with van der Waals surface area (Å²) in [7, 11) is 1.67. The number of carbonyl (C=O) groups excluding carboxylic acids is 3. The summed E-state index contributed by atoms with van der Waals surface area (Å²) in [6, 6.07) is 5.24. The lowest BCUT2D eigenvalue weighted by Crippen LogP contribution is -2.66. The smallest absolute Gasteiger partial charge is 0.259 e. The van der Waals surface area contributed by atoms with E-state index < -0.39 is 34.5 Å².